The van der Waals surface area contributed by atoms with Crippen LogP contribution in [0.4, 0.5) is 0 Å². The lowest BCUT2D eigenvalue weighted by Crippen LogP contribution is -2.36. The van der Waals surface area contributed by atoms with Gasteiger partial charge >= 0.3 is 0 Å². The minimum atomic E-state index is -0.524. The highest BCUT2D eigenvalue weighted by Gasteiger charge is 2.20. The molecule has 0 aliphatic carbocycles. The number of aliphatic hydroxyl groups is 1. The molecule has 1 aromatic carbocycles. The third kappa shape index (κ3) is 6.80. The second kappa shape index (κ2) is 9.14. The molecule has 132 valence electrons. The van der Waals surface area contributed by atoms with E-state index >= 15 is 0 Å². The van der Waals surface area contributed by atoms with E-state index in [4.69, 9.17) is 9.47 Å². The van der Waals surface area contributed by atoms with Crippen LogP contribution in [0.25, 0.3) is 0 Å². The van der Waals surface area contributed by atoms with Crippen molar-refractivity contribution in [3.8, 4) is 11.5 Å². The average molecular weight is 323 g/mol. The van der Waals surface area contributed by atoms with Crippen LogP contribution < -0.4 is 14.8 Å². The van der Waals surface area contributed by atoms with Gasteiger partial charge in [0, 0.05) is 18.2 Å². The normalized spacial score (nSPS) is 14.4. The maximum absolute atomic E-state index is 10.1. The summed E-state index contributed by atoms with van der Waals surface area (Å²) in [6.45, 7) is 11.5. The summed E-state index contributed by atoms with van der Waals surface area (Å²) in [6.07, 6.45) is 1.73. The predicted molar refractivity (Wildman–Crippen MR) is 95.6 cm³/mol. The summed E-state index contributed by atoms with van der Waals surface area (Å²) in [5, 5.41) is 13.4. The topological polar surface area (TPSA) is 50.7 Å². The number of rotatable bonds is 9. The third-order valence-electron chi connectivity index (χ3n) is 3.85. The van der Waals surface area contributed by atoms with E-state index in [1.165, 1.54) is 0 Å². The van der Waals surface area contributed by atoms with Gasteiger partial charge in [0.15, 0.2) is 0 Å². The van der Waals surface area contributed by atoms with E-state index in [0.717, 1.165) is 29.9 Å². The van der Waals surface area contributed by atoms with Crippen LogP contribution in [0, 0.1) is 0 Å². The zero-order chi connectivity index (χ0) is 17.5. The minimum Gasteiger partial charge on any atom is -0.497 e. The summed E-state index contributed by atoms with van der Waals surface area (Å²) in [5.41, 5.74) is 1.03. The first-order valence-corrected chi connectivity index (χ1v) is 8.50. The Hall–Kier alpha value is -1.26. The van der Waals surface area contributed by atoms with Crippen molar-refractivity contribution in [1.82, 2.24) is 5.32 Å². The van der Waals surface area contributed by atoms with E-state index in [1.807, 2.05) is 18.2 Å². The number of methoxy groups -OCH3 is 1. The Balaban J connectivity index is 2.63. The fraction of sp³-hybridized carbons (Fsp3) is 0.684. The maximum atomic E-state index is 10.1. The van der Waals surface area contributed by atoms with Crippen LogP contribution in [0.2, 0.25) is 0 Å². The standard InChI is InChI=1S/C19H33NO3/c1-7-8-14(2)20-12-15(21)13-23-18-10-9-16(22-6)11-17(18)19(3,4)5/h9-11,14-15,20-21H,7-8,12-13H2,1-6H3. The van der Waals surface area contributed by atoms with E-state index in [1.54, 1.807) is 7.11 Å². The second-order valence-electron chi connectivity index (χ2n) is 7.17. The molecule has 0 bridgehead atoms. The molecular weight excluding hydrogens is 290 g/mol. The summed E-state index contributed by atoms with van der Waals surface area (Å²) < 4.78 is 11.2. The van der Waals surface area contributed by atoms with Gasteiger partial charge in [-0.25, -0.2) is 0 Å². The lowest BCUT2D eigenvalue weighted by Gasteiger charge is -2.24. The van der Waals surface area contributed by atoms with Crippen molar-refractivity contribution in [2.24, 2.45) is 0 Å². The van der Waals surface area contributed by atoms with Crippen LogP contribution in [0.15, 0.2) is 18.2 Å². The van der Waals surface area contributed by atoms with Crippen LogP contribution >= 0.6 is 0 Å². The number of aliphatic hydroxyl groups excluding tert-OH is 1. The van der Waals surface area contributed by atoms with E-state index in [-0.39, 0.29) is 12.0 Å². The molecule has 1 rings (SSSR count). The number of hydrogen-bond acceptors (Lipinski definition) is 4. The van der Waals surface area contributed by atoms with E-state index in [2.05, 4.69) is 39.9 Å². The Morgan fingerprint density at radius 1 is 1.26 bits per heavy atom. The minimum absolute atomic E-state index is 0.0529. The predicted octanol–water partition coefficient (Wildman–Crippen LogP) is 3.51. The van der Waals surface area contributed by atoms with E-state index in [0.29, 0.717) is 12.6 Å². The molecule has 0 aromatic heterocycles. The SMILES string of the molecule is CCCC(C)NCC(O)COc1ccc(OC)cc1C(C)(C)C. The van der Waals surface area contributed by atoms with Crippen LogP contribution in [0.1, 0.15) is 53.0 Å². The number of hydrogen-bond donors (Lipinski definition) is 2. The summed E-state index contributed by atoms with van der Waals surface area (Å²) in [5.74, 6) is 1.62. The number of benzene rings is 1. The van der Waals surface area contributed by atoms with Crippen molar-refractivity contribution < 1.29 is 14.6 Å². The zero-order valence-electron chi connectivity index (χ0n) is 15.5. The Labute approximate surface area is 141 Å². The van der Waals surface area contributed by atoms with Gasteiger partial charge in [0.2, 0.25) is 0 Å². The second-order valence-corrected chi connectivity index (χ2v) is 7.17. The molecule has 4 heteroatoms. The van der Waals surface area contributed by atoms with Crippen molar-refractivity contribution in [3.63, 3.8) is 0 Å². The molecule has 2 atom stereocenters. The van der Waals surface area contributed by atoms with Gasteiger partial charge in [0.25, 0.3) is 0 Å². The molecule has 0 fully saturated rings. The number of ether oxygens (including phenoxy) is 2. The van der Waals surface area contributed by atoms with Crippen LogP contribution in [0.3, 0.4) is 0 Å². The molecule has 0 radical (unpaired) electrons. The van der Waals surface area contributed by atoms with Crippen LogP contribution in [-0.4, -0.2) is 37.5 Å². The van der Waals surface area contributed by atoms with Crippen molar-refractivity contribution in [2.75, 3.05) is 20.3 Å². The summed E-state index contributed by atoms with van der Waals surface area (Å²) in [6, 6.07) is 6.22. The lowest BCUT2D eigenvalue weighted by atomic mass is 9.86. The van der Waals surface area contributed by atoms with Gasteiger partial charge in [-0.3, -0.25) is 0 Å². The Morgan fingerprint density at radius 3 is 2.52 bits per heavy atom. The van der Waals surface area contributed by atoms with E-state index < -0.39 is 6.10 Å². The van der Waals surface area contributed by atoms with Crippen molar-refractivity contribution in [3.05, 3.63) is 23.8 Å². The molecule has 0 spiro atoms. The average Bonchev–Trinajstić information content (AvgIpc) is 2.50. The molecule has 4 nitrogen and oxygen atoms in total. The molecule has 0 aliphatic heterocycles. The van der Waals surface area contributed by atoms with Crippen molar-refractivity contribution in [2.45, 2.75) is 65.0 Å². The fourth-order valence-corrected chi connectivity index (χ4v) is 2.47. The maximum Gasteiger partial charge on any atom is 0.123 e. The molecule has 2 unspecified atom stereocenters. The van der Waals surface area contributed by atoms with Crippen molar-refractivity contribution in [1.29, 1.82) is 0 Å². The van der Waals surface area contributed by atoms with Gasteiger partial charge in [0.1, 0.15) is 24.2 Å². The van der Waals surface area contributed by atoms with Crippen LogP contribution in [-0.2, 0) is 5.41 Å². The molecule has 0 saturated heterocycles. The monoisotopic (exact) mass is 323 g/mol. The van der Waals surface area contributed by atoms with E-state index in [9.17, 15) is 5.11 Å². The number of nitrogens with one attached hydrogen (secondary N) is 1. The van der Waals surface area contributed by atoms with Gasteiger partial charge in [-0.05, 0) is 37.0 Å². The largest absolute Gasteiger partial charge is 0.497 e. The van der Waals surface area contributed by atoms with Gasteiger partial charge in [-0.15, -0.1) is 0 Å². The highest BCUT2D eigenvalue weighted by Crippen LogP contribution is 2.34. The molecule has 0 aliphatic rings. The Kier molecular flexibility index (Phi) is 7.86. The smallest absolute Gasteiger partial charge is 0.123 e. The lowest BCUT2D eigenvalue weighted by molar-refractivity contribution is 0.103. The molecule has 1 aromatic rings. The highest BCUT2D eigenvalue weighted by molar-refractivity contribution is 5.44. The van der Waals surface area contributed by atoms with Gasteiger partial charge in [0.05, 0.1) is 7.11 Å². The third-order valence-corrected chi connectivity index (χ3v) is 3.85. The zero-order valence-corrected chi connectivity index (χ0v) is 15.5. The quantitative estimate of drug-likeness (QED) is 0.730. The van der Waals surface area contributed by atoms with Gasteiger partial charge in [-0.1, -0.05) is 34.1 Å². The first kappa shape index (κ1) is 19.8. The molecule has 23 heavy (non-hydrogen) atoms. The highest BCUT2D eigenvalue weighted by atomic mass is 16.5. The Morgan fingerprint density at radius 2 is 1.96 bits per heavy atom. The molecule has 0 heterocycles. The fourth-order valence-electron chi connectivity index (χ4n) is 2.47. The first-order valence-electron chi connectivity index (χ1n) is 8.50. The summed E-state index contributed by atoms with van der Waals surface area (Å²) in [4.78, 5) is 0. The first-order chi connectivity index (χ1) is 10.8. The van der Waals surface area contributed by atoms with Crippen LogP contribution in [0.5, 0.6) is 11.5 Å². The van der Waals surface area contributed by atoms with Gasteiger partial charge in [-0.2, -0.15) is 0 Å². The summed E-state index contributed by atoms with van der Waals surface area (Å²) in [7, 11) is 1.66. The van der Waals surface area contributed by atoms with Gasteiger partial charge < -0.3 is 19.9 Å². The summed E-state index contributed by atoms with van der Waals surface area (Å²) >= 11 is 0. The van der Waals surface area contributed by atoms with Crippen molar-refractivity contribution >= 4 is 0 Å². The Bertz CT molecular complexity index is 468. The molecular formula is C19H33NO3. The molecule has 2 N–H and O–H groups in total. The molecule has 0 saturated carbocycles. The molecule has 0 amide bonds.